The van der Waals surface area contributed by atoms with E-state index in [1.807, 2.05) is 6.07 Å². The van der Waals surface area contributed by atoms with Gasteiger partial charge in [-0.1, -0.05) is 11.6 Å². The van der Waals surface area contributed by atoms with E-state index in [9.17, 15) is 14.4 Å². The van der Waals surface area contributed by atoms with Crippen LogP contribution in [0, 0.1) is 17.1 Å². The lowest BCUT2D eigenvalue weighted by atomic mass is 10.1. The monoisotopic (exact) mass is 462 g/mol. The zero-order valence-corrected chi connectivity index (χ0v) is 17.9. The van der Waals surface area contributed by atoms with E-state index in [2.05, 4.69) is 25.6 Å². The van der Waals surface area contributed by atoms with Crippen LogP contribution >= 0.6 is 11.6 Å². The van der Waals surface area contributed by atoms with E-state index in [0.717, 1.165) is 0 Å². The first-order chi connectivity index (χ1) is 16.0. The van der Waals surface area contributed by atoms with Gasteiger partial charge in [-0.3, -0.25) is 4.79 Å². The molecule has 8 nitrogen and oxygen atoms in total. The second kappa shape index (κ2) is 9.38. The number of aromatic amines is 1. The molecule has 0 aliphatic heterocycles. The molecule has 3 N–H and O–H groups in total. The molecule has 0 fully saturated rings. The molecule has 4 rings (SSSR count). The Morgan fingerprint density at radius 2 is 2.12 bits per heavy atom. The number of rotatable bonds is 6. The molecule has 2 aromatic carbocycles. The van der Waals surface area contributed by atoms with E-state index in [0.29, 0.717) is 39.5 Å². The summed E-state index contributed by atoms with van der Waals surface area (Å²) in [7, 11) is 1.46. The highest BCUT2D eigenvalue weighted by Crippen LogP contribution is 2.33. The molecule has 0 radical (unpaired) electrons. The molecule has 0 saturated heterocycles. The molecule has 164 valence electrons. The molecule has 0 atom stereocenters. The molecule has 2 aromatic heterocycles. The maximum absolute atomic E-state index is 13.5. The smallest absolute Gasteiger partial charge is 0.266 e. The van der Waals surface area contributed by atoms with E-state index >= 15 is 0 Å². The number of hydrogen-bond donors (Lipinski definition) is 3. The van der Waals surface area contributed by atoms with Gasteiger partial charge in [0.15, 0.2) is 0 Å². The van der Waals surface area contributed by atoms with Crippen molar-refractivity contribution in [2.45, 2.75) is 0 Å². The Balaban J connectivity index is 1.70. The van der Waals surface area contributed by atoms with Crippen LogP contribution < -0.4 is 15.4 Å². The number of fused-ring (bicyclic) bond motifs is 1. The van der Waals surface area contributed by atoms with Crippen molar-refractivity contribution < 1.29 is 13.9 Å². The summed E-state index contributed by atoms with van der Waals surface area (Å²) in [5.41, 5.74) is 1.90. The van der Waals surface area contributed by atoms with E-state index in [-0.39, 0.29) is 10.6 Å². The number of H-pyrrole nitrogens is 1. The Morgan fingerprint density at radius 1 is 1.27 bits per heavy atom. The van der Waals surface area contributed by atoms with Crippen LogP contribution in [-0.2, 0) is 4.79 Å². The maximum atomic E-state index is 13.5. The average molecular weight is 463 g/mol. The van der Waals surface area contributed by atoms with Gasteiger partial charge in [0.05, 0.1) is 23.3 Å². The number of hydrogen-bond acceptors (Lipinski definition) is 6. The highest BCUT2D eigenvalue weighted by Gasteiger charge is 2.16. The quantitative estimate of drug-likeness (QED) is 0.273. The number of benzene rings is 2. The fraction of sp³-hybridized carbons (Fsp3) is 0.0435. The number of nitrogens with one attached hydrogen (secondary N) is 3. The van der Waals surface area contributed by atoms with Crippen molar-refractivity contribution >= 4 is 51.7 Å². The summed E-state index contributed by atoms with van der Waals surface area (Å²) in [6.45, 7) is 0. The van der Waals surface area contributed by atoms with Crippen molar-refractivity contribution in [3.63, 3.8) is 0 Å². The van der Waals surface area contributed by atoms with Crippen molar-refractivity contribution in [3.05, 3.63) is 77.1 Å². The summed E-state index contributed by atoms with van der Waals surface area (Å²) in [6.07, 6.45) is 4.49. The fourth-order valence-corrected chi connectivity index (χ4v) is 3.27. The number of anilines is 3. The largest absolute Gasteiger partial charge is 0.494 e. The highest BCUT2D eigenvalue weighted by molar-refractivity contribution is 6.31. The molecule has 0 saturated carbocycles. The molecule has 1 amide bonds. The van der Waals surface area contributed by atoms with Gasteiger partial charge in [-0.15, -0.1) is 0 Å². The minimum atomic E-state index is -0.610. The van der Waals surface area contributed by atoms with E-state index in [4.69, 9.17) is 16.3 Å². The van der Waals surface area contributed by atoms with Gasteiger partial charge < -0.3 is 20.4 Å². The average Bonchev–Trinajstić information content (AvgIpc) is 3.33. The fourth-order valence-electron chi connectivity index (χ4n) is 3.09. The van der Waals surface area contributed by atoms with Crippen molar-refractivity contribution in [2.75, 3.05) is 17.7 Å². The van der Waals surface area contributed by atoms with Crippen LogP contribution in [0.5, 0.6) is 5.75 Å². The predicted molar refractivity (Wildman–Crippen MR) is 124 cm³/mol. The van der Waals surface area contributed by atoms with Gasteiger partial charge in [0.1, 0.15) is 35.4 Å². The first-order valence-corrected chi connectivity index (χ1v) is 9.97. The Bertz CT molecular complexity index is 1410. The number of ether oxygens (including phenoxy) is 1. The number of nitriles is 1. The topological polar surface area (TPSA) is 116 Å². The predicted octanol–water partition coefficient (Wildman–Crippen LogP) is 5.05. The first kappa shape index (κ1) is 21.8. The molecule has 4 aromatic rings. The van der Waals surface area contributed by atoms with Crippen LogP contribution in [0.15, 0.2) is 60.6 Å². The van der Waals surface area contributed by atoms with Gasteiger partial charge in [0.2, 0.25) is 0 Å². The summed E-state index contributed by atoms with van der Waals surface area (Å²) in [5, 5.41) is 15.7. The normalized spacial score (nSPS) is 11.2. The number of amides is 1. The van der Waals surface area contributed by atoms with Gasteiger partial charge >= 0.3 is 0 Å². The number of carbonyl (C=O) groups is 1. The molecule has 33 heavy (non-hydrogen) atoms. The van der Waals surface area contributed by atoms with Crippen LogP contribution in [0.2, 0.25) is 5.02 Å². The molecule has 10 heteroatoms. The van der Waals surface area contributed by atoms with Crippen LogP contribution in [0.1, 0.15) is 5.69 Å². The van der Waals surface area contributed by atoms with Gasteiger partial charge in [-0.05, 0) is 42.5 Å². The number of aromatic nitrogens is 3. The van der Waals surface area contributed by atoms with Crippen molar-refractivity contribution in [1.29, 1.82) is 5.26 Å². The molecule has 0 aliphatic rings. The zero-order valence-electron chi connectivity index (χ0n) is 17.2. The van der Waals surface area contributed by atoms with Crippen LogP contribution in [0.3, 0.4) is 0 Å². The van der Waals surface area contributed by atoms with E-state index < -0.39 is 11.7 Å². The van der Waals surface area contributed by atoms with Crippen molar-refractivity contribution in [1.82, 2.24) is 15.0 Å². The number of carbonyl (C=O) groups excluding carboxylic acids is 1. The number of halogens is 2. The second-order valence-electron chi connectivity index (χ2n) is 6.80. The highest BCUT2D eigenvalue weighted by atomic mass is 35.5. The third-order valence-electron chi connectivity index (χ3n) is 4.67. The molecule has 0 aliphatic carbocycles. The minimum Gasteiger partial charge on any atom is -0.494 e. The molecular formula is C23H16ClFN6O2. The third-order valence-corrected chi connectivity index (χ3v) is 4.96. The van der Waals surface area contributed by atoms with Gasteiger partial charge in [0.25, 0.3) is 5.91 Å². The lowest BCUT2D eigenvalue weighted by molar-refractivity contribution is -0.112. The molecular weight excluding hydrogens is 447 g/mol. The van der Waals surface area contributed by atoms with E-state index in [1.54, 1.807) is 30.5 Å². The Labute approximate surface area is 192 Å². The summed E-state index contributed by atoms with van der Waals surface area (Å²) in [6, 6.07) is 12.8. The van der Waals surface area contributed by atoms with Gasteiger partial charge in [-0.25, -0.2) is 14.4 Å². The van der Waals surface area contributed by atoms with Crippen LogP contribution in [-0.4, -0.2) is 28.0 Å². The third kappa shape index (κ3) is 4.76. The lowest BCUT2D eigenvalue weighted by Gasteiger charge is -2.14. The van der Waals surface area contributed by atoms with Crippen molar-refractivity contribution in [3.8, 4) is 11.8 Å². The Morgan fingerprint density at radius 3 is 2.82 bits per heavy atom. The summed E-state index contributed by atoms with van der Waals surface area (Å²) in [5.74, 6) is -0.391. The van der Waals surface area contributed by atoms with Gasteiger partial charge in [0, 0.05) is 29.0 Å². The standard InChI is InChI=1S/C23H16ClFN6O2/c1-33-21-10-19-16(22(29-12-28-19)30-15-4-5-18(25)17(24)8-15)9-20(21)31-23(32)13(11-26)7-14-3-2-6-27-14/h2-10,12,27H,1H3,(H,31,32)(H,28,29,30). The molecule has 0 bridgehead atoms. The first-order valence-electron chi connectivity index (χ1n) is 9.60. The minimum absolute atomic E-state index is 0.0362. The van der Waals surface area contributed by atoms with Gasteiger partial charge in [-0.2, -0.15) is 5.26 Å². The SMILES string of the molecule is COc1cc2ncnc(Nc3ccc(F)c(Cl)c3)c2cc1NC(=O)C(C#N)=Cc1ccc[nH]1. The van der Waals surface area contributed by atoms with Crippen LogP contribution in [0.4, 0.5) is 21.6 Å². The second-order valence-corrected chi connectivity index (χ2v) is 7.20. The zero-order chi connectivity index (χ0) is 23.4. The van der Waals surface area contributed by atoms with E-state index in [1.165, 1.54) is 37.7 Å². The molecule has 2 heterocycles. The summed E-state index contributed by atoms with van der Waals surface area (Å²) in [4.78, 5) is 24.2. The molecule has 0 spiro atoms. The van der Waals surface area contributed by atoms with Crippen LogP contribution in [0.25, 0.3) is 17.0 Å². The number of nitrogens with zero attached hydrogens (tertiary/aromatic N) is 3. The summed E-state index contributed by atoms with van der Waals surface area (Å²) >= 11 is 5.87. The Kier molecular flexibility index (Phi) is 6.20. The lowest BCUT2D eigenvalue weighted by Crippen LogP contribution is -2.14. The number of methoxy groups -OCH3 is 1. The molecule has 0 unspecified atom stereocenters. The van der Waals surface area contributed by atoms with Crippen molar-refractivity contribution in [2.24, 2.45) is 0 Å². The summed E-state index contributed by atoms with van der Waals surface area (Å²) < 4.78 is 18.9. The Hall–Kier alpha value is -4.42. The maximum Gasteiger partial charge on any atom is 0.266 e.